The van der Waals surface area contributed by atoms with Crippen LogP contribution in [-0.2, 0) is 4.74 Å². The molecule has 0 aromatic carbocycles. The molecule has 5 nitrogen and oxygen atoms in total. The summed E-state index contributed by atoms with van der Waals surface area (Å²) in [7, 11) is 0. The Kier molecular flexibility index (Phi) is 11.2. The zero-order valence-corrected chi connectivity index (χ0v) is 14.0. The molecule has 1 saturated heterocycles. The van der Waals surface area contributed by atoms with Gasteiger partial charge in [0.25, 0.3) is 0 Å². The van der Waals surface area contributed by atoms with Gasteiger partial charge in [-0.1, -0.05) is 6.42 Å². The maximum Gasteiger partial charge on any atom is 0.191 e. The van der Waals surface area contributed by atoms with E-state index in [0.29, 0.717) is 0 Å². The van der Waals surface area contributed by atoms with E-state index in [1.54, 1.807) is 0 Å². The van der Waals surface area contributed by atoms with Crippen LogP contribution in [0.1, 0.15) is 46.0 Å². The molecule has 0 amide bonds. The van der Waals surface area contributed by atoms with Crippen molar-refractivity contribution < 1.29 is 4.74 Å². The summed E-state index contributed by atoms with van der Waals surface area (Å²) in [6.07, 6.45) is 6.28. The zero-order valence-electron chi connectivity index (χ0n) is 14.0. The molecular formula is C16H34N4O. The number of piperidine rings is 1. The Morgan fingerprint density at radius 1 is 1.10 bits per heavy atom. The number of nitrogens with zero attached hydrogens (tertiary/aromatic N) is 2. The lowest BCUT2D eigenvalue weighted by atomic mass is 10.1. The van der Waals surface area contributed by atoms with Crippen LogP contribution in [-0.4, -0.2) is 63.3 Å². The van der Waals surface area contributed by atoms with Crippen molar-refractivity contribution in [3.05, 3.63) is 0 Å². The van der Waals surface area contributed by atoms with Crippen molar-refractivity contribution in [1.82, 2.24) is 15.5 Å². The fourth-order valence-electron chi connectivity index (χ4n) is 2.51. The van der Waals surface area contributed by atoms with E-state index in [-0.39, 0.29) is 0 Å². The van der Waals surface area contributed by atoms with E-state index in [1.165, 1.54) is 32.4 Å². The van der Waals surface area contributed by atoms with Gasteiger partial charge in [-0.05, 0) is 52.6 Å². The van der Waals surface area contributed by atoms with Gasteiger partial charge < -0.3 is 20.3 Å². The van der Waals surface area contributed by atoms with E-state index < -0.39 is 0 Å². The highest BCUT2D eigenvalue weighted by Gasteiger charge is 2.09. The summed E-state index contributed by atoms with van der Waals surface area (Å²) < 4.78 is 5.33. The van der Waals surface area contributed by atoms with Crippen molar-refractivity contribution in [2.24, 2.45) is 4.99 Å². The molecule has 0 saturated carbocycles. The molecule has 5 heteroatoms. The number of aliphatic imine (C=N–C) groups is 1. The Hall–Kier alpha value is -0.810. The third kappa shape index (κ3) is 9.69. The van der Waals surface area contributed by atoms with Gasteiger partial charge in [0.1, 0.15) is 0 Å². The monoisotopic (exact) mass is 298 g/mol. The first-order valence-electron chi connectivity index (χ1n) is 8.69. The summed E-state index contributed by atoms with van der Waals surface area (Å²) >= 11 is 0. The Labute approximate surface area is 130 Å². The first kappa shape index (κ1) is 18.2. The molecule has 1 heterocycles. The minimum Gasteiger partial charge on any atom is -0.382 e. The van der Waals surface area contributed by atoms with Gasteiger partial charge in [-0.3, -0.25) is 4.99 Å². The molecule has 0 aromatic heterocycles. The Morgan fingerprint density at radius 2 is 1.90 bits per heavy atom. The van der Waals surface area contributed by atoms with E-state index >= 15 is 0 Å². The van der Waals surface area contributed by atoms with Crippen molar-refractivity contribution >= 4 is 5.96 Å². The van der Waals surface area contributed by atoms with E-state index in [4.69, 9.17) is 4.74 Å². The van der Waals surface area contributed by atoms with E-state index in [2.05, 4.69) is 27.4 Å². The van der Waals surface area contributed by atoms with Crippen molar-refractivity contribution in [1.29, 1.82) is 0 Å². The normalized spacial score (nSPS) is 17.0. The number of ether oxygens (including phenoxy) is 1. The van der Waals surface area contributed by atoms with Crippen LogP contribution in [0.3, 0.4) is 0 Å². The van der Waals surface area contributed by atoms with Crippen LogP contribution >= 0.6 is 0 Å². The molecule has 0 radical (unpaired) electrons. The first-order valence-corrected chi connectivity index (χ1v) is 8.69. The molecule has 2 N–H and O–H groups in total. The highest BCUT2D eigenvalue weighted by molar-refractivity contribution is 5.79. The average Bonchev–Trinajstić information content (AvgIpc) is 2.51. The maximum absolute atomic E-state index is 5.33. The number of hydrogen-bond donors (Lipinski definition) is 2. The number of rotatable bonds is 10. The standard InChI is InChI=1S/C16H34N4O/c1-3-17-16(18-10-6-9-15-21-4-2)19-11-14-20-12-7-5-8-13-20/h3-15H2,1-2H3,(H2,17,18,19). The van der Waals surface area contributed by atoms with Crippen molar-refractivity contribution in [3.63, 3.8) is 0 Å². The van der Waals surface area contributed by atoms with Crippen LogP contribution in [0, 0.1) is 0 Å². The summed E-state index contributed by atoms with van der Waals surface area (Å²) in [5, 5.41) is 6.75. The highest BCUT2D eigenvalue weighted by Crippen LogP contribution is 2.07. The van der Waals surface area contributed by atoms with Gasteiger partial charge >= 0.3 is 0 Å². The average molecular weight is 298 g/mol. The van der Waals surface area contributed by atoms with Crippen molar-refractivity contribution in [3.8, 4) is 0 Å². The second kappa shape index (κ2) is 12.9. The fourth-order valence-corrected chi connectivity index (χ4v) is 2.51. The molecule has 1 fully saturated rings. The molecule has 124 valence electrons. The third-order valence-corrected chi connectivity index (χ3v) is 3.68. The van der Waals surface area contributed by atoms with Crippen LogP contribution < -0.4 is 10.6 Å². The highest BCUT2D eigenvalue weighted by atomic mass is 16.5. The quantitative estimate of drug-likeness (QED) is 0.367. The van der Waals surface area contributed by atoms with Gasteiger partial charge in [0.15, 0.2) is 5.96 Å². The SMILES string of the molecule is CCNC(=NCCCCOCC)NCCN1CCCCC1. The molecule has 1 aliphatic rings. The van der Waals surface area contributed by atoms with Gasteiger partial charge in [0.2, 0.25) is 0 Å². The lowest BCUT2D eigenvalue weighted by Crippen LogP contribution is -2.42. The fraction of sp³-hybridized carbons (Fsp3) is 0.938. The largest absolute Gasteiger partial charge is 0.382 e. The summed E-state index contributed by atoms with van der Waals surface area (Å²) in [6.45, 7) is 12.2. The van der Waals surface area contributed by atoms with Crippen molar-refractivity contribution in [2.45, 2.75) is 46.0 Å². The van der Waals surface area contributed by atoms with E-state index in [9.17, 15) is 0 Å². The molecular weight excluding hydrogens is 264 g/mol. The van der Waals surface area contributed by atoms with Crippen LogP contribution in [0.5, 0.6) is 0 Å². The maximum atomic E-state index is 5.33. The van der Waals surface area contributed by atoms with E-state index in [0.717, 1.165) is 58.2 Å². The number of likely N-dealkylation sites (tertiary alicyclic amines) is 1. The number of nitrogens with one attached hydrogen (secondary N) is 2. The third-order valence-electron chi connectivity index (χ3n) is 3.68. The molecule has 0 aromatic rings. The summed E-state index contributed by atoms with van der Waals surface area (Å²) in [4.78, 5) is 7.16. The zero-order chi connectivity index (χ0) is 15.2. The molecule has 1 rings (SSSR count). The first-order chi connectivity index (χ1) is 10.4. The molecule has 0 bridgehead atoms. The molecule has 21 heavy (non-hydrogen) atoms. The van der Waals surface area contributed by atoms with Gasteiger partial charge in [0, 0.05) is 39.4 Å². The summed E-state index contributed by atoms with van der Waals surface area (Å²) in [5.41, 5.74) is 0. The second-order valence-electron chi connectivity index (χ2n) is 5.49. The summed E-state index contributed by atoms with van der Waals surface area (Å²) in [6, 6.07) is 0. The van der Waals surface area contributed by atoms with E-state index in [1.807, 2.05) is 6.92 Å². The predicted octanol–water partition coefficient (Wildman–Crippen LogP) is 1.84. The van der Waals surface area contributed by atoms with Crippen LogP contribution in [0.2, 0.25) is 0 Å². The Balaban J connectivity index is 2.12. The van der Waals surface area contributed by atoms with Gasteiger partial charge in [-0.2, -0.15) is 0 Å². The smallest absolute Gasteiger partial charge is 0.191 e. The van der Waals surface area contributed by atoms with Gasteiger partial charge in [-0.25, -0.2) is 0 Å². The molecule has 0 unspecified atom stereocenters. The topological polar surface area (TPSA) is 48.9 Å². The minimum atomic E-state index is 0.809. The lowest BCUT2D eigenvalue weighted by molar-refractivity contribution is 0.144. The molecule has 0 aliphatic carbocycles. The number of unbranched alkanes of at least 4 members (excludes halogenated alkanes) is 1. The van der Waals surface area contributed by atoms with Crippen LogP contribution in [0.4, 0.5) is 0 Å². The van der Waals surface area contributed by atoms with Crippen molar-refractivity contribution in [2.75, 3.05) is 52.5 Å². The van der Waals surface area contributed by atoms with Crippen LogP contribution in [0.15, 0.2) is 4.99 Å². The minimum absolute atomic E-state index is 0.809. The molecule has 1 aliphatic heterocycles. The number of guanidine groups is 1. The molecule has 0 spiro atoms. The van der Waals surface area contributed by atoms with Crippen LogP contribution in [0.25, 0.3) is 0 Å². The Morgan fingerprint density at radius 3 is 2.62 bits per heavy atom. The predicted molar refractivity (Wildman–Crippen MR) is 90.0 cm³/mol. The lowest BCUT2D eigenvalue weighted by Gasteiger charge is -2.26. The molecule has 0 atom stereocenters. The number of hydrogen-bond acceptors (Lipinski definition) is 3. The second-order valence-corrected chi connectivity index (χ2v) is 5.49. The Bertz CT molecular complexity index is 265. The van der Waals surface area contributed by atoms with Gasteiger partial charge in [-0.15, -0.1) is 0 Å². The summed E-state index contributed by atoms with van der Waals surface area (Å²) in [5.74, 6) is 0.950. The van der Waals surface area contributed by atoms with Gasteiger partial charge in [0.05, 0.1) is 0 Å².